The molecule has 0 saturated heterocycles. The van der Waals surface area contributed by atoms with E-state index in [1.54, 1.807) is 0 Å². The zero-order valence-electron chi connectivity index (χ0n) is 13.6. The summed E-state index contributed by atoms with van der Waals surface area (Å²) < 4.78 is 5.03. The number of aryl methyl sites for hydroxylation is 2. The Bertz CT molecular complexity index is 891. The Balaban J connectivity index is 1.45. The summed E-state index contributed by atoms with van der Waals surface area (Å²) in [6.45, 7) is 2.61. The van der Waals surface area contributed by atoms with Gasteiger partial charge in [0, 0.05) is 13.0 Å². The number of nitrogens with one attached hydrogen (secondary N) is 2. The summed E-state index contributed by atoms with van der Waals surface area (Å²) in [6, 6.07) is 13.8. The molecule has 0 spiro atoms. The lowest BCUT2D eigenvalue weighted by molar-refractivity contribution is -0.121. The zero-order valence-corrected chi connectivity index (χ0v) is 13.6. The van der Waals surface area contributed by atoms with Crippen LogP contribution in [0.1, 0.15) is 23.1 Å². The van der Waals surface area contributed by atoms with Crippen molar-refractivity contribution >= 4 is 17.0 Å². The van der Waals surface area contributed by atoms with E-state index >= 15 is 0 Å². The quantitative estimate of drug-likeness (QED) is 0.732. The molecule has 124 valence electrons. The second-order valence-electron chi connectivity index (χ2n) is 5.93. The maximum Gasteiger partial charge on any atom is 0.417 e. The summed E-state index contributed by atoms with van der Waals surface area (Å²) in [5.74, 6) is -0.406. The van der Waals surface area contributed by atoms with E-state index in [0.717, 1.165) is 12.0 Å². The minimum Gasteiger partial charge on any atom is -0.408 e. The van der Waals surface area contributed by atoms with Crippen molar-refractivity contribution in [2.45, 2.75) is 26.2 Å². The number of hydrogen-bond acceptors (Lipinski definition) is 3. The Hall–Kier alpha value is -2.82. The van der Waals surface area contributed by atoms with E-state index in [0.29, 0.717) is 30.5 Å². The molecule has 5 heteroatoms. The molecule has 0 aliphatic heterocycles. The van der Waals surface area contributed by atoms with Crippen molar-refractivity contribution in [3.8, 4) is 0 Å². The molecule has 5 nitrogen and oxygen atoms in total. The number of oxazole rings is 1. The van der Waals surface area contributed by atoms with Crippen LogP contribution in [-0.4, -0.2) is 17.4 Å². The number of aromatic nitrogens is 1. The first kappa shape index (κ1) is 16.1. The maximum absolute atomic E-state index is 11.9. The minimum atomic E-state index is -0.452. The van der Waals surface area contributed by atoms with Crippen molar-refractivity contribution in [3.05, 3.63) is 69.7 Å². The van der Waals surface area contributed by atoms with Gasteiger partial charge in [0.2, 0.25) is 5.91 Å². The van der Waals surface area contributed by atoms with Gasteiger partial charge in [-0.05, 0) is 43.0 Å². The fourth-order valence-electron chi connectivity index (χ4n) is 2.59. The van der Waals surface area contributed by atoms with Gasteiger partial charge in [-0.25, -0.2) is 4.79 Å². The molecule has 0 radical (unpaired) electrons. The Morgan fingerprint density at radius 1 is 1.08 bits per heavy atom. The predicted molar refractivity (Wildman–Crippen MR) is 93.0 cm³/mol. The fraction of sp³-hybridized carbons (Fsp3) is 0.263. The lowest BCUT2D eigenvalue weighted by atomic mass is 10.1. The zero-order chi connectivity index (χ0) is 16.9. The summed E-state index contributed by atoms with van der Waals surface area (Å²) in [7, 11) is 0. The summed E-state index contributed by atoms with van der Waals surface area (Å²) in [5.41, 5.74) is 4.64. The molecule has 24 heavy (non-hydrogen) atoms. The second-order valence-corrected chi connectivity index (χ2v) is 5.93. The lowest BCUT2D eigenvalue weighted by Crippen LogP contribution is -2.25. The highest BCUT2D eigenvalue weighted by molar-refractivity contribution is 5.76. The minimum absolute atomic E-state index is 0.0461. The van der Waals surface area contributed by atoms with E-state index in [1.165, 1.54) is 11.1 Å². The van der Waals surface area contributed by atoms with Crippen LogP contribution in [-0.2, 0) is 17.6 Å². The highest BCUT2D eigenvalue weighted by Gasteiger charge is 2.04. The lowest BCUT2D eigenvalue weighted by Gasteiger charge is -2.06. The maximum atomic E-state index is 11.9. The van der Waals surface area contributed by atoms with E-state index in [4.69, 9.17) is 4.42 Å². The molecule has 0 fully saturated rings. The number of carbonyl (C=O) groups excluding carboxylic acids is 1. The Labute approximate surface area is 139 Å². The van der Waals surface area contributed by atoms with Gasteiger partial charge < -0.3 is 9.73 Å². The molecule has 2 aromatic carbocycles. The number of carbonyl (C=O) groups is 1. The van der Waals surface area contributed by atoms with Gasteiger partial charge in [0.1, 0.15) is 0 Å². The summed E-state index contributed by atoms with van der Waals surface area (Å²) in [4.78, 5) is 25.6. The van der Waals surface area contributed by atoms with E-state index in [1.807, 2.05) is 25.1 Å². The van der Waals surface area contributed by atoms with Crippen molar-refractivity contribution < 1.29 is 9.21 Å². The molecule has 2 N–H and O–H groups in total. The molecule has 1 amide bonds. The van der Waals surface area contributed by atoms with Gasteiger partial charge in [-0.15, -0.1) is 0 Å². The molecule has 1 heterocycles. The van der Waals surface area contributed by atoms with Crippen LogP contribution in [0.4, 0.5) is 0 Å². The first-order valence-corrected chi connectivity index (χ1v) is 8.04. The molecule has 0 unspecified atom stereocenters. The highest BCUT2D eigenvalue weighted by Crippen LogP contribution is 2.12. The van der Waals surface area contributed by atoms with Crippen LogP contribution in [0.2, 0.25) is 0 Å². The Morgan fingerprint density at radius 3 is 2.62 bits per heavy atom. The predicted octanol–water partition coefficient (Wildman–Crippen LogP) is 2.72. The first-order valence-electron chi connectivity index (χ1n) is 8.04. The van der Waals surface area contributed by atoms with Gasteiger partial charge in [-0.1, -0.05) is 35.9 Å². The number of amides is 1. The summed E-state index contributed by atoms with van der Waals surface area (Å²) >= 11 is 0. The smallest absolute Gasteiger partial charge is 0.408 e. The average molecular weight is 324 g/mol. The highest BCUT2D eigenvalue weighted by atomic mass is 16.4. The molecule has 3 rings (SSSR count). The van der Waals surface area contributed by atoms with E-state index in [2.05, 4.69) is 34.6 Å². The first-order chi connectivity index (χ1) is 11.6. The number of hydrogen-bond donors (Lipinski definition) is 2. The van der Waals surface area contributed by atoms with Gasteiger partial charge in [-0.2, -0.15) is 0 Å². The molecule has 1 aromatic heterocycles. The largest absolute Gasteiger partial charge is 0.417 e. The Morgan fingerprint density at radius 2 is 1.83 bits per heavy atom. The van der Waals surface area contributed by atoms with E-state index in [9.17, 15) is 9.59 Å². The topological polar surface area (TPSA) is 75.1 Å². The van der Waals surface area contributed by atoms with Crippen molar-refractivity contribution in [1.29, 1.82) is 0 Å². The number of fused-ring (bicyclic) bond motifs is 1. The van der Waals surface area contributed by atoms with Crippen LogP contribution < -0.4 is 11.1 Å². The molecule has 0 bridgehead atoms. The SMILES string of the molecule is Cc1ccc(CCC(=O)NCCc2ccc3[nH]c(=O)oc3c2)cc1. The van der Waals surface area contributed by atoms with Gasteiger partial charge in [0.05, 0.1) is 5.52 Å². The van der Waals surface area contributed by atoms with Crippen LogP contribution >= 0.6 is 0 Å². The van der Waals surface area contributed by atoms with Crippen LogP contribution in [0.15, 0.2) is 51.7 Å². The monoisotopic (exact) mass is 324 g/mol. The molecule has 0 saturated carbocycles. The van der Waals surface area contributed by atoms with Crippen molar-refractivity contribution in [2.24, 2.45) is 0 Å². The van der Waals surface area contributed by atoms with Crippen LogP contribution in [0, 0.1) is 6.92 Å². The van der Waals surface area contributed by atoms with Crippen molar-refractivity contribution in [1.82, 2.24) is 10.3 Å². The van der Waals surface area contributed by atoms with Crippen molar-refractivity contribution in [3.63, 3.8) is 0 Å². The molecule has 0 aliphatic rings. The number of aromatic amines is 1. The van der Waals surface area contributed by atoms with Gasteiger partial charge in [0.15, 0.2) is 5.58 Å². The number of H-pyrrole nitrogens is 1. The molecular weight excluding hydrogens is 304 g/mol. The summed E-state index contributed by atoms with van der Waals surface area (Å²) in [5, 5.41) is 2.93. The molecule has 0 aliphatic carbocycles. The number of rotatable bonds is 6. The Kier molecular flexibility index (Phi) is 4.79. The second kappa shape index (κ2) is 7.17. The third-order valence-corrected chi connectivity index (χ3v) is 3.98. The van der Waals surface area contributed by atoms with Crippen LogP contribution in [0.5, 0.6) is 0 Å². The van der Waals surface area contributed by atoms with Gasteiger partial charge in [0.25, 0.3) is 0 Å². The molecule has 3 aromatic rings. The van der Waals surface area contributed by atoms with E-state index in [-0.39, 0.29) is 5.91 Å². The summed E-state index contributed by atoms with van der Waals surface area (Å²) in [6.07, 6.45) is 1.92. The van der Waals surface area contributed by atoms with Crippen molar-refractivity contribution in [2.75, 3.05) is 6.54 Å². The van der Waals surface area contributed by atoms with Gasteiger partial charge in [-0.3, -0.25) is 9.78 Å². The van der Waals surface area contributed by atoms with Gasteiger partial charge >= 0.3 is 5.76 Å². The van der Waals surface area contributed by atoms with E-state index < -0.39 is 5.76 Å². The van der Waals surface area contributed by atoms with Crippen LogP contribution in [0.3, 0.4) is 0 Å². The molecular formula is C19H20N2O3. The number of benzene rings is 2. The standard InChI is InChI=1S/C19H20N2O3/c1-13-2-4-14(5-3-13)7-9-18(22)20-11-10-15-6-8-16-17(12-15)24-19(23)21-16/h2-6,8,12H,7,9-11H2,1H3,(H,20,22)(H,21,23). The fourth-order valence-corrected chi connectivity index (χ4v) is 2.59. The normalized spacial score (nSPS) is 10.9. The third kappa shape index (κ3) is 4.13. The average Bonchev–Trinajstić information content (AvgIpc) is 2.93. The van der Waals surface area contributed by atoms with Crippen LogP contribution in [0.25, 0.3) is 11.1 Å². The molecule has 0 atom stereocenters. The third-order valence-electron chi connectivity index (χ3n) is 3.98.